The van der Waals surface area contributed by atoms with Crippen LogP contribution in [-0.4, -0.2) is 19.9 Å². The van der Waals surface area contributed by atoms with Gasteiger partial charge in [-0.15, -0.1) is 22.7 Å². The van der Waals surface area contributed by atoms with Crippen molar-refractivity contribution in [2.24, 2.45) is 0 Å². The van der Waals surface area contributed by atoms with Gasteiger partial charge in [-0.05, 0) is 67.7 Å². The van der Waals surface area contributed by atoms with Gasteiger partial charge in [-0.2, -0.15) is 0 Å². The highest BCUT2D eigenvalue weighted by atomic mass is 32.1. The number of aromatic nitrogens is 4. The molecule has 4 aromatic carbocycles. The van der Waals surface area contributed by atoms with Crippen molar-refractivity contribution in [3.8, 4) is 43.4 Å². The maximum atomic E-state index is 4.53. The van der Waals surface area contributed by atoms with E-state index >= 15 is 0 Å². The molecular weight excluding hydrogens is 529 g/mol. The van der Waals surface area contributed by atoms with Crippen molar-refractivity contribution in [2.75, 3.05) is 0 Å². The largest absolute Gasteiger partial charge is 0.263 e. The van der Waals surface area contributed by atoms with Gasteiger partial charge in [0, 0.05) is 70.2 Å². The molecule has 0 fully saturated rings. The number of pyridine rings is 2. The molecule has 0 atom stereocenters. The first-order chi connectivity index (χ1) is 19.8. The summed E-state index contributed by atoms with van der Waals surface area (Å²) in [6, 6.07) is 26.6. The topological polar surface area (TPSA) is 51.6 Å². The Morgan fingerprint density at radius 3 is 1.30 bits per heavy atom. The SMILES string of the molecule is c1ccc2c(c1)c1cc(-c3cncc(-c4nccs4)c3)ccc1c1ccc(-c3cncc(-c4nccs4)c3)cc21. The van der Waals surface area contributed by atoms with Crippen molar-refractivity contribution < 1.29 is 0 Å². The molecule has 188 valence electrons. The zero-order valence-corrected chi connectivity index (χ0v) is 22.8. The Morgan fingerprint density at radius 2 is 0.850 bits per heavy atom. The third kappa shape index (κ3) is 3.88. The summed E-state index contributed by atoms with van der Waals surface area (Å²) < 4.78 is 0. The van der Waals surface area contributed by atoms with Crippen molar-refractivity contribution in [1.29, 1.82) is 0 Å². The van der Waals surface area contributed by atoms with Crippen LogP contribution in [0, 0.1) is 0 Å². The van der Waals surface area contributed by atoms with Crippen molar-refractivity contribution in [3.63, 3.8) is 0 Å². The molecule has 0 aliphatic heterocycles. The quantitative estimate of drug-likeness (QED) is 0.206. The van der Waals surface area contributed by atoms with Gasteiger partial charge < -0.3 is 0 Å². The average Bonchev–Trinajstić information content (AvgIpc) is 3.77. The Bertz CT molecular complexity index is 1990. The number of hydrogen-bond acceptors (Lipinski definition) is 6. The molecule has 8 rings (SSSR count). The van der Waals surface area contributed by atoms with E-state index in [2.05, 4.69) is 92.7 Å². The second-order valence-electron chi connectivity index (χ2n) is 9.67. The Morgan fingerprint density at radius 1 is 0.400 bits per heavy atom. The molecule has 0 N–H and O–H groups in total. The summed E-state index contributed by atoms with van der Waals surface area (Å²) in [7, 11) is 0. The van der Waals surface area contributed by atoms with E-state index < -0.39 is 0 Å². The summed E-state index contributed by atoms with van der Waals surface area (Å²) >= 11 is 3.26. The molecule has 4 heterocycles. The van der Waals surface area contributed by atoms with Crippen LogP contribution in [0.2, 0.25) is 0 Å². The van der Waals surface area contributed by atoms with Gasteiger partial charge in [-0.3, -0.25) is 9.97 Å². The second-order valence-corrected chi connectivity index (χ2v) is 11.5. The maximum Gasteiger partial charge on any atom is 0.124 e. The molecule has 0 radical (unpaired) electrons. The Kier molecular flexibility index (Phi) is 5.47. The van der Waals surface area contributed by atoms with Gasteiger partial charge in [0.05, 0.1) is 0 Å². The van der Waals surface area contributed by atoms with Crippen LogP contribution < -0.4 is 0 Å². The van der Waals surface area contributed by atoms with E-state index in [9.17, 15) is 0 Å². The number of fused-ring (bicyclic) bond motifs is 6. The van der Waals surface area contributed by atoms with E-state index in [1.807, 2.05) is 47.9 Å². The number of thiazole rings is 2. The summed E-state index contributed by atoms with van der Waals surface area (Å²) in [6.45, 7) is 0. The minimum absolute atomic E-state index is 0.981. The minimum atomic E-state index is 0.981. The first-order valence-corrected chi connectivity index (χ1v) is 14.7. The molecule has 0 aliphatic rings. The molecular formula is C34H20N4S2. The monoisotopic (exact) mass is 548 g/mol. The molecule has 0 aliphatic carbocycles. The molecule has 8 aromatic rings. The number of rotatable bonds is 4. The Balaban J connectivity index is 1.30. The van der Waals surface area contributed by atoms with E-state index in [1.54, 1.807) is 22.7 Å². The predicted octanol–water partition coefficient (Wildman–Crippen LogP) is 9.52. The lowest BCUT2D eigenvalue weighted by Gasteiger charge is -2.14. The summed E-state index contributed by atoms with van der Waals surface area (Å²) in [5, 5.41) is 13.4. The first kappa shape index (κ1) is 23.1. The minimum Gasteiger partial charge on any atom is -0.263 e. The predicted molar refractivity (Wildman–Crippen MR) is 168 cm³/mol. The third-order valence-electron chi connectivity index (χ3n) is 7.34. The van der Waals surface area contributed by atoms with Crippen LogP contribution in [-0.2, 0) is 0 Å². The molecule has 0 saturated heterocycles. The third-order valence-corrected chi connectivity index (χ3v) is 8.98. The molecule has 4 nitrogen and oxygen atoms in total. The van der Waals surface area contributed by atoms with Crippen molar-refractivity contribution in [3.05, 3.63) is 121 Å². The van der Waals surface area contributed by atoms with Gasteiger partial charge in [0.15, 0.2) is 0 Å². The van der Waals surface area contributed by atoms with Gasteiger partial charge in [0.1, 0.15) is 10.0 Å². The van der Waals surface area contributed by atoms with E-state index in [0.29, 0.717) is 0 Å². The van der Waals surface area contributed by atoms with Crippen LogP contribution in [0.25, 0.3) is 75.7 Å². The highest BCUT2D eigenvalue weighted by Crippen LogP contribution is 2.39. The van der Waals surface area contributed by atoms with Crippen LogP contribution in [0.1, 0.15) is 0 Å². The van der Waals surface area contributed by atoms with Crippen LogP contribution >= 0.6 is 22.7 Å². The van der Waals surface area contributed by atoms with Crippen LogP contribution in [0.4, 0.5) is 0 Å². The van der Waals surface area contributed by atoms with Gasteiger partial charge in [0.2, 0.25) is 0 Å². The zero-order valence-electron chi connectivity index (χ0n) is 21.2. The fraction of sp³-hybridized carbons (Fsp3) is 0. The number of benzene rings is 4. The van der Waals surface area contributed by atoms with Crippen LogP contribution in [0.3, 0.4) is 0 Å². The van der Waals surface area contributed by atoms with Crippen molar-refractivity contribution in [1.82, 2.24) is 19.9 Å². The van der Waals surface area contributed by atoms with Gasteiger partial charge in [-0.25, -0.2) is 9.97 Å². The van der Waals surface area contributed by atoms with Crippen molar-refractivity contribution in [2.45, 2.75) is 0 Å². The lowest BCUT2D eigenvalue weighted by atomic mass is 9.90. The lowest BCUT2D eigenvalue weighted by molar-refractivity contribution is 1.31. The summed E-state index contributed by atoms with van der Waals surface area (Å²) in [6.07, 6.45) is 11.3. The summed E-state index contributed by atoms with van der Waals surface area (Å²) in [5.41, 5.74) is 6.53. The second kappa shape index (κ2) is 9.45. The van der Waals surface area contributed by atoms with E-state index in [4.69, 9.17) is 0 Å². The first-order valence-electron chi connectivity index (χ1n) is 12.9. The van der Waals surface area contributed by atoms with E-state index in [1.165, 1.54) is 32.3 Å². The standard InChI is InChI=1S/C34H20N4S2/c1-2-4-28-27(3-1)31-15-21(23-13-25(19-35-17-23)33-37-9-11-39-33)5-7-29(31)30-8-6-22(16-32(28)30)24-14-26(20-36-18-24)34-38-10-12-40-34/h1-20H. The maximum absolute atomic E-state index is 4.53. The molecule has 0 unspecified atom stereocenters. The number of hydrogen-bond donors (Lipinski definition) is 0. The van der Waals surface area contributed by atoms with Crippen molar-refractivity contribution >= 4 is 55.0 Å². The van der Waals surface area contributed by atoms with Crippen LogP contribution in [0.5, 0.6) is 0 Å². The fourth-order valence-electron chi connectivity index (χ4n) is 5.48. The molecule has 4 aromatic heterocycles. The summed E-state index contributed by atoms with van der Waals surface area (Å²) in [5.74, 6) is 0. The summed E-state index contributed by atoms with van der Waals surface area (Å²) in [4.78, 5) is 18.0. The van der Waals surface area contributed by atoms with Crippen LogP contribution in [0.15, 0.2) is 121 Å². The Labute approximate surface area is 238 Å². The smallest absolute Gasteiger partial charge is 0.124 e. The Hall–Kier alpha value is -4.78. The molecule has 0 spiro atoms. The molecule has 0 bridgehead atoms. The number of nitrogens with zero attached hydrogens (tertiary/aromatic N) is 4. The normalized spacial score (nSPS) is 11.5. The molecule has 0 saturated carbocycles. The van der Waals surface area contributed by atoms with E-state index in [0.717, 1.165) is 43.4 Å². The van der Waals surface area contributed by atoms with Gasteiger partial charge >= 0.3 is 0 Å². The van der Waals surface area contributed by atoms with E-state index in [-0.39, 0.29) is 0 Å². The molecule has 40 heavy (non-hydrogen) atoms. The van der Waals surface area contributed by atoms with Gasteiger partial charge in [-0.1, -0.05) is 48.5 Å². The van der Waals surface area contributed by atoms with Gasteiger partial charge in [0.25, 0.3) is 0 Å². The highest BCUT2D eigenvalue weighted by Gasteiger charge is 2.13. The highest BCUT2D eigenvalue weighted by molar-refractivity contribution is 7.13. The average molecular weight is 549 g/mol. The zero-order chi connectivity index (χ0) is 26.5. The fourth-order valence-corrected chi connectivity index (χ4v) is 6.72. The molecule has 0 amide bonds. The lowest BCUT2D eigenvalue weighted by Crippen LogP contribution is -1.88. The molecule has 6 heteroatoms.